The number of carbonyl (C=O) groups is 1. The predicted molar refractivity (Wildman–Crippen MR) is 120 cm³/mol. The van der Waals surface area contributed by atoms with E-state index in [1.54, 1.807) is 12.3 Å². The lowest BCUT2D eigenvalue weighted by atomic mass is 10.0. The zero-order valence-corrected chi connectivity index (χ0v) is 19.4. The van der Waals surface area contributed by atoms with Crippen LogP contribution in [-0.4, -0.2) is 47.6 Å². The van der Waals surface area contributed by atoms with Gasteiger partial charge < -0.3 is 14.5 Å². The van der Waals surface area contributed by atoms with Crippen molar-refractivity contribution in [1.82, 2.24) is 9.88 Å². The minimum atomic E-state index is -0.555. The highest BCUT2D eigenvalue weighted by Crippen LogP contribution is 2.50. The lowest BCUT2D eigenvalue weighted by Crippen LogP contribution is -2.57. The van der Waals surface area contributed by atoms with Crippen molar-refractivity contribution < 1.29 is 13.9 Å². The van der Waals surface area contributed by atoms with E-state index >= 15 is 0 Å². The molecule has 2 unspecified atom stereocenters. The molecule has 1 amide bonds. The Morgan fingerprint density at radius 1 is 1.34 bits per heavy atom. The van der Waals surface area contributed by atoms with Crippen LogP contribution in [0.3, 0.4) is 0 Å². The number of hydrogen-bond acceptors (Lipinski definition) is 5. The second-order valence-corrected chi connectivity index (χ2v) is 10.0. The van der Waals surface area contributed by atoms with Crippen molar-refractivity contribution in [3.05, 3.63) is 57.9 Å². The summed E-state index contributed by atoms with van der Waals surface area (Å²) in [6.45, 7) is 3.47. The quantitative estimate of drug-likeness (QED) is 0.623. The van der Waals surface area contributed by atoms with E-state index in [4.69, 9.17) is 10.00 Å². The normalized spacial score (nSPS) is 25.5. The molecule has 2 saturated heterocycles. The van der Waals surface area contributed by atoms with Gasteiger partial charge in [0, 0.05) is 29.8 Å². The second kappa shape index (κ2) is 8.13. The molecule has 0 N–H and O–H groups in total. The number of amides is 1. The number of likely N-dealkylation sites (tertiary alicyclic amines) is 1. The van der Waals surface area contributed by atoms with Gasteiger partial charge in [-0.2, -0.15) is 5.26 Å². The fourth-order valence-electron chi connectivity index (χ4n) is 5.13. The molecule has 2 bridgehead atoms. The Bertz CT molecular complexity index is 1060. The molecule has 2 aliphatic heterocycles. The van der Waals surface area contributed by atoms with Gasteiger partial charge in [0.1, 0.15) is 24.3 Å². The van der Waals surface area contributed by atoms with E-state index in [2.05, 4.69) is 38.8 Å². The van der Waals surface area contributed by atoms with Gasteiger partial charge in [0.25, 0.3) is 0 Å². The zero-order valence-electron chi connectivity index (χ0n) is 17.8. The Balaban J connectivity index is 1.25. The molecule has 2 aromatic rings. The number of rotatable bonds is 5. The van der Waals surface area contributed by atoms with E-state index in [1.165, 1.54) is 12.1 Å². The van der Waals surface area contributed by atoms with Crippen LogP contribution in [0.25, 0.3) is 0 Å². The first-order valence-corrected chi connectivity index (χ1v) is 11.7. The lowest BCUT2D eigenvalue weighted by Gasteiger charge is -2.42. The summed E-state index contributed by atoms with van der Waals surface area (Å²) in [5.74, 6) is 0.966. The first kappa shape index (κ1) is 21.4. The van der Waals surface area contributed by atoms with Crippen molar-refractivity contribution in [2.45, 2.75) is 43.9 Å². The van der Waals surface area contributed by atoms with Gasteiger partial charge in [0.2, 0.25) is 5.91 Å². The van der Waals surface area contributed by atoms with Crippen molar-refractivity contribution in [3.8, 4) is 6.07 Å². The molecule has 6 nitrogen and oxygen atoms in total. The van der Waals surface area contributed by atoms with Crippen LogP contribution >= 0.6 is 15.9 Å². The largest absolute Gasteiger partial charge is 0.360 e. The van der Waals surface area contributed by atoms with Gasteiger partial charge in [-0.15, -0.1) is 0 Å². The van der Waals surface area contributed by atoms with E-state index in [0.29, 0.717) is 29.0 Å². The minimum Gasteiger partial charge on any atom is -0.360 e. The summed E-state index contributed by atoms with van der Waals surface area (Å²) in [7, 11) is 0. The number of ether oxygens (including phenoxy) is 1. The summed E-state index contributed by atoms with van der Waals surface area (Å²) in [6.07, 6.45) is 4.18. The van der Waals surface area contributed by atoms with E-state index in [0.717, 1.165) is 30.6 Å². The first-order valence-electron chi connectivity index (χ1n) is 10.9. The van der Waals surface area contributed by atoms with Crippen molar-refractivity contribution >= 4 is 27.7 Å². The number of pyridine rings is 1. The van der Waals surface area contributed by atoms with Gasteiger partial charge in [-0.1, -0.05) is 22.9 Å². The van der Waals surface area contributed by atoms with Gasteiger partial charge in [-0.05, 0) is 61.1 Å². The maximum atomic E-state index is 13.8. The van der Waals surface area contributed by atoms with Crippen molar-refractivity contribution in [2.75, 3.05) is 24.6 Å². The standard InChI is InChI=1S/C24H24BrFN4O2/c1-15-6-20-12-29(13-21(15)30(20)22-3-2-16(10-27)11-28-22)23(31)14-32-24(4-5-24)17-7-18(25)9-19(26)8-17/h2-3,7-9,11,15,20-21H,4-6,12-14H2,1H3/t15-,20?,21?/m0/s1. The number of anilines is 1. The van der Waals surface area contributed by atoms with Gasteiger partial charge in [-0.25, -0.2) is 9.37 Å². The van der Waals surface area contributed by atoms with Crippen LogP contribution in [0.5, 0.6) is 0 Å². The Morgan fingerprint density at radius 2 is 2.16 bits per heavy atom. The molecule has 3 fully saturated rings. The molecular weight excluding hydrogens is 475 g/mol. The summed E-state index contributed by atoms with van der Waals surface area (Å²) in [6, 6.07) is 11.0. The van der Waals surface area contributed by atoms with E-state index in [1.807, 2.05) is 17.0 Å². The molecule has 32 heavy (non-hydrogen) atoms. The molecule has 8 heteroatoms. The number of piperazine rings is 1. The number of nitriles is 1. The number of benzene rings is 1. The number of aromatic nitrogens is 1. The summed E-state index contributed by atoms with van der Waals surface area (Å²) in [5, 5.41) is 9.02. The van der Waals surface area contributed by atoms with Crippen LogP contribution in [-0.2, 0) is 15.1 Å². The highest BCUT2D eigenvalue weighted by Gasteiger charge is 2.48. The molecule has 5 rings (SSSR count). The lowest BCUT2D eigenvalue weighted by molar-refractivity contribution is -0.140. The van der Waals surface area contributed by atoms with Gasteiger partial charge >= 0.3 is 0 Å². The van der Waals surface area contributed by atoms with Gasteiger partial charge in [0.15, 0.2) is 0 Å². The average molecular weight is 499 g/mol. The predicted octanol–water partition coefficient (Wildman–Crippen LogP) is 3.99. The van der Waals surface area contributed by atoms with Crippen LogP contribution in [0.1, 0.15) is 37.3 Å². The highest BCUT2D eigenvalue weighted by atomic mass is 79.9. The smallest absolute Gasteiger partial charge is 0.248 e. The van der Waals surface area contributed by atoms with Crippen molar-refractivity contribution in [1.29, 1.82) is 5.26 Å². The third-order valence-electron chi connectivity index (χ3n) is 6.95. The summed E-state index contributed by atoms with van der Waals surface area (Å²) in [5.41, 5.74) is 0.767. The highest BCUT2D eigenvalue weighted by molar-refractivity contribution is 9.10. The summed E-state index contributed by atoms with van der Waals surface area (Å²) >= 11 is 3.34. The fourth-order valence-corrected chi connectivity index (χ4v) is 5.60. The molecule has 3 heterocycles. The Hall–Kier alpha value is -2.50. The monoisotopic (exact) mass is 498 g/mol. The third-order valence-corrected chi connectivity index (χ3v) is 7.41. The molecule has 1 aromatic carbocycles. The molecule has 1 aromatic heterocycles. The van der Waals surface area contributed by atoms with Crippen molar-refractivity contribution in [3.63, 3.8) is 0 Å². The van der Waals surface area contributed by atoms with Gasteiger partial charge in [-0.3, -0.25) is 4.79 Å². The Morgan fingerprint density at radius 3 is 2.78 bits per heavy atom. The SMILES string of the molecule is C[C@H]1CC2CN(C(=O)COC3(c4cc(F)cc(Br)c4)CC3)CC1N2c1ccc(C#N)cn1. The number of carbonyl (C=O) groups excluding carboxylic acids is 1. The number of fused-ring (bicyclic) bond motifs is 2. The molecule has 3 aliphatic rings. The molecule has 0 spiro atoms. The minimum absolute atomic E-state index is 0.00291. The van der Waals surface area contributed by atoms with E-state index in [9.17, 15) is 9.18 Å². The maximum absolute atomic E-state index is 13.8. The number of hydrogen-bond donors (Lipinski definition) is 0. The number of nitrogens with zero attached hydrogens (tertiary/aromatic N) is 4. The van der Waals surface area contributed by atoms with Crippen LogP contribution in [0.15, 0.2) is 41.0 Å². The van der Waals surface area contributed by atoms with E-state index < -0.39 is 5.60 Å². The molecule has 1 saturated carbocycles. The summed E-state index contributed by atoms with van der Waals surface area (Å²) in [4.78, 5) is 21.7. The molecule has 166 valence electrons. The fraction of sp³-hybridized carbons (Fsp3) is 0.458. The van der Waals surface area contributed by atoms with Crippen molar-refractivity contribution in [2.24, 2.45) is 5.92 Å². The zero-order chi connectivity index (χ0) is 22.5. The Kier molecular flexibility index (Phi) is 5.42. The van der Waals surface area contributed by atoms with Crippen LogP contribution in [0.2, 0.25) is 0 Å². The molecule has 1 aliphatic carbocycles. The van der Waals surface area contributed by atoms with Gasteiger partial charge in [0.05, 0.1) is 17.2 Å². The molecule has 0 radical (unpaired) electrons. The van der Waals surface area contributed by atoms with Crippen LogP contribution < -0.4 is 4.90 Å². The topological polar surface area (TPSA) is 69.5 Å². The van der Waals surface area contributed by atoms with Crippen LogP contribution in [0.4, 0.5) is 10.2 Å². The second-order valence-electron chi connectivity index (χ2n) is 9.10. The third kappa shape index (κ3) is 3.89. The maximum Gasteiger partial charge on any atom is 0.248 e. The number of halogens is 2. The van der Waals surface area contributed by atoms with E-state index in [-0.39, 0.29) is 30.4 Å². The first-order chi connectivity index (χ1) is 15.4. The summed E-state index contributed by atoms with van der Waals surface area (Å²) < 4.78 is 20.6. The average Bonchev–Trinajstić information content (AvgIpc) is 3.54. The van der Waals surface area contributed by atoms with Crippen LogP contribution in [0, 0.1) is 23.1 Å². The molecule has 3 atom stereocenters. The Labute approximate surface area is 195 Å². The molecular formula is C24H24BrFN4O2.